The summed E-state index contributed by atoms with van der Waals surface area (Å²) in [5.41, 5.74) is 10.7. The number of primary amides is 1. The van der Waals surface area contributed by atoms with E-state index in [2.05, 4.69) is 5.32 Å². The smallest absolute Gasteiger partial charge is 0.218 e. The quantitative estimate of drug-likeness (QED) is 0.524. The molecular weight excluding hydrogens is 154 g/mol. The first-order chi connectivity index (χ1) is 5.58. The molecule has 12 heavy (non-hydrogen) atoms. The second kappa shape index (κ2) is 3.87. The fourth-order valence-corrected chi connectivity index (χ4v) is 1.56. The first-order valence-corrected chi connectivity index (χ1v) is 4.38. The Morgan fingerprint density at radius 2 is 2.25 bits per heavy atom. The lowest BCUT2D eigenvalue weighted by atomic mass is 9.87. The molecule has 1 unspecified atom stereocenters. The maximum Gasteiger partial charge on any atom is 0.218 e. The summed E-state index contributed by atoms with van der Waals surface area (Å²) >= 11 is 0. The average molecular weight is 171 g/mol. The van der Waals surface area contributed by atoms with Crippen molar-refractivity contribution in [3.05, 3.63) is 0 Å². The van der Waals surface area contributed by atoms with Crippen LogP contribution in [-0.2, 0) is 4.79 Å². The summed E-state index contributed by atoms with van der Waals surface area (Å²) in [5, 5.41) is 3.30. The Balaban J connectivity index is 2.10. The first-order valence-electron chi connectivity index (χ1n) is 4.38. The summed E-state index contributed by atoms with van der Waals surface area (Å²) in [6.07, 6.45) is 2.44. The fraction of sp³-hybridized carbons (Fsp3) is 0.875. The first kappa shape index (κ1) is 9.48. The lowest BCUT2D eigenvalue weighted by Crippen LogP contribution is -2.51. The molecule has 70 valence electrons. The maximum atomic E-state index is 10.5. The Kier molecular flexibility index (Phi) is 3.05. The van der Waals surface area contributed by atoms with Crippen LogP contribution in [0, 0.1) is 0 Å². The Bertz CT molecular complexity index is 166. The Morgan fingerprint density at radius 1 is 1.67 bits per heavy atom. The SMILES string of the molecule is CC(CC(N)=O)NC1CC(N)C1. The van der Waals surface area contributed by atoms with Gasteiger partial charge >= 0.3 is 0 Å². The van der Waals surface area contributed by atoms with E-state index in [-0.39, 0.29) is 11.9 Å². The molecule has 4 nitrogen and oxygen atoms in total. The van der Waals surface area contributed by atoms with Gasteiger partial charge in [0, 0.05) is 24.5 Å². The van der Waals surface area contributed by atoms with Crippen molar-refractivity contribution in [3.8, 4) is 0 Å². The van der Waals surface area contributed by atoms with Crippen molar-refractivity contribution in [1.82, 2.24) is 5.32 Å². The van der Waals surface area contributed by atoms with Gasteiger partial charge in [0.2, 0.25) is 5.91 Å². The van der Waals surface area contributed by atoms with Gasteiger partial charge in [-0.15, -0.1) is 0 Å². The Hall–Kier alpha value is -0.610. The predicted molar refractivity (Wildman–Crippen MR) is 47.4 cm³/mol. The monoisotopic (exact) mass is 171 g/mol. The van der Waals surface area contributed by atoms with Gasteiger partial charge in [-0.1, -0.05) is 0 Å². The van der Waals surface area contributed by atoms with Gasteiger partial charge in [-0.05, 0) is 19.8 Å². The van der Waals surface area contributed by atoms with Gasteiger partial charge in [-0.25, -0.2) is 0 Å². The molecule has 0 radical (unpaired) electrons. The molecule has 1 atom stereocenters. The summed E-state index contributed by atoms with van der Waals surface area (Å²) in [5.74, 6) is -0.251. The normalized spacial score (nSPS) is 30.8. The van der Waals surface area contributed by atoms with Crippen molar-refractivity contribution < 1.29 is 4.79 Å². The molecule has 0 aromatic rings. The number of nitrogens with two attached hydrogens (primary N) is 2. The Labute approximate surface area is 72.7 Å². The molecule has 0 aliphatic heterocycles. The summed E-state index contributed by atoms with van der Waals surface area (Å²) in [7, 11) is 0. The lowest BCUT2D eigenvalue weighted by Gasteiger charge is -2.35. The molecule has 1 saturated carbocycles. The van der Waals surface area contributed by atoms with Crippen LogP contribution in [0.1, 0.15) is 26.2 Å². The number of amides is 1. The Morgan fingerprint density at radius 3 is 2.67 bits per heavy atom. The van der Waals surface area contributed by atoms with Gasteiger partial charge in [0.1, 0.15) is 0 Å². The number of hydrogen-bond donors (Lipinski definition) is 3. The van der Waals surface area contributed by atoms with Crippen molar-refractivity contribution >= 4 is 5.91 Å². The van der Waals surface area contributed by atoms with Crippen LogP contribution in [0.5, 0.6) is 0 Å². The number of carbonyl (C=O) groups excluding carboxylic acids is 1. The van der Waals surface area contributed by atoms with Crippen LogP contribution in [0.2, 0.25) is 0 Å². The largest absolute Gasteiger partial charge is 0.370 e. The van der Waals surface area contributed by atoms with Crippen molar-refractivity contribution in [3.63, 3.8) is 0 Å². The highest BCUT2D eigenvalue weighted by atomic mass is 16.1. The average Bonchev–Trinajstić information content (AvgIpc) is 1.82. The van der Waals surface area contributed by atoms with Crippen LogP contribution < -0.4 is 16.8 Å². The molecule has 1 rings (SSSR count). The molecule has 0 aromatic heterocycles. The highest BCUT2D eigenvalue weighted by Gasteiger charge is 2.26. The highest BCUT2D eigenvalue weighted by molar-refractivity contribution is 5.74. The summed E-state index contributed by atoms with van der Waals surface area (Å²) in [4.78, 5) is 10.5. The molecule has 4 heteroatoms. The molecule has 0 heterocycles. The molecule has 0 bridgehead atoms. The summed E-state index contributed by atoms with van der Waals surface area (Å²) < 4.78 is 0. The zero-order valence-corrected chi connectivity index (χ0v) is 7.42. The van der Waals surface area contributed by atoms with Crippen LogP contribution in [0.25, 0.3) is 0 Å². The molecule has 1 aliphatic carbocycles. The van der Waals surface area contributed by atoms with Crippen molar-refractivity contribution in [2.75, 3.05) is 0 Å². The van der Waals surface area contributed by atoms with Crippen LogP contribution >= 0.6 is 0 Å². The topological polar surface area (TPSA) is 81.1 Å². The minimum Gasteiger partial charge on any atom is -0.370 e. The van der Waals surface area contributed by atoms with Crippen LogP contribution in [0.15, 0.2) is 0 Å². The van der Waals surface area contributed by atoms with Crippen LogP contribution in [0.4, 0.5) is 0 Å². The van der Waals surface area contributed by atoms with Crippen molar-refractivity contribution in [1.29, 1.82) is 0 Å². The molecule has 1 fully saturated rings. The zero-order valence-electron chi connectivity index (χ0n) is 7.42. The third kappa shape index (κ3) is 2.79. The van der Waals surface area contributed by atoms with Crippen molar-refractivity contribution in [2.45, 2.75) is 44.3 Å². The van der Waals surface area contributed by atoms with E-state index in [0.29, 0.717) is 18.5 Å². The third-order valence-electron chi connectivity index (χ3n) is 2.20. The van der Waals surface area contributed by atoms with Gasteiger partial charge in [0.15, 0.2) is 0 Å². The standard InChI is InChI=1S/C8H17N3O/c1-5(2-8(10)12)11-7-3-6(9)4-7/h5-7,11H,2-4,9H2,1H3,(H2,10,12). The van der Waals surface area contributed by atoms with Gasteiger partial charge in [-0.2, -0.15) is 0 Å². The van der Waals surface area contributed by atoms with E-state index in [4.69, 9.17) is 11.5 Å². The molecule has 0 saturated heterocycles. The van der Waals surface area contributed by atoms with Gasteiger partial charge in [0.25, 0.3) is 0 Å². The van der Waals surface area contributed by atoms with Gasteiger partial charge in [-0.3, -0.25) is 4.79 Å². The van der Waals surface area contributed by atoms with E-state index < -0.39 is 0 Å². The molecule has 5 N–H and O–H groups in total. The number of hydrogen-bond acceptors (Lipinski definition) is 3. The van der Waals surface area contributed by atoms with Crippen LogP contribution in [0.3, 0.4) is 0 Å². The predicted octanol–water partition coefficient (Wildman–Crippen LogP) is -0.670. The minimum atomic E-state index is -0.251. The summed E-state index contributed by atoms with van der Waals surface area (Å²) in [6.45, 7) is 1.97. The summed E-state index contributed by atoms with van der Waals surface area (Å²) in [6, 6.07) is 1.03. The van der Waals surface area contributed by atoms with E-state index in [0.717, 1.165) is 12.8 Å². The van der Waals surface area contributed by atoms with E-state index in [1.807, 2.05) is 6.92 Å². The van der Waals surface area contributed by atoms with E-state index in [1.165, 1.54) is 0 Å². The third-order valence-corrected chi connectivity index (χ3v) is 2.20. The van der Waals surface area contributed by atoms with Crippen LogP contribution in [-0.4, -0.2) is 24.0 Å². The van der Waals surface area contributed by atoms with Gasteiger partial charge < -0.3 is 16.8 Å². The molecule has 1 aliphatic rings. The van der Waals surface area contributed by atoms with E-state index in [1.54, 1.807) is 0 Å². The highest BCUT2D eigenvalue weighted by Crippen LogP contribution is 2.18. The maximum absolute atomic E-state index is 10.5. The zero-order chi connectivity index (χ0) is 9.14. The van der Waals surface area contributed by atoms with Crippen molar-refractivity contribution in [2.24, 2.45) is 11.5 Å². The fourth-order valence-electron chi connectivity index (χ4n) is 1.56. The molecule has 1 amide bonds. The van der Waals surface area contributed by atoms with E-state index >= 15 is 0 Å². The second-order valence-electron chi connectivity index (χ2n) is 3.67. The number of carbonyl (C=O) groups is 1. The number of nitrogens with one attached hydrogen (secondary N) is 1. The molecular formula is C8H17N3O. The number of rotatable bonds is 4. The minimum absolute atomic E-state index is 0.181. The lowest BCUT2D eigenvalue weighted by molar-refractivity contribution is -0.118. The van der Waals surface area contributed by atoms with E-state index in [9.17, 15) is 4.79 Å². The molecule has 0 aromatic carbocycles. The second-order valence-corrected chi connectivity index (χ2v) is 3.67. The van der Waals surface area contributed by atoms with Gasteiger partial charge in [0.05, 0.1) is 0 Å². The molecule has 0 spiro atoms.